The second kappa shape index (κ2) is 19.1. The fourth-order valence-electron chi connectivity index (χ4n) is 11.5. The summed E-state index contributed by atoms with van der Waals surface area (Å²) >= 11 is 0. The number of nitrogens with zero attached hydrogens (tertiary/aromatic N) is 7. The quantitative estimate of drug-likeness (QED) is 0.133. The number of aromatic nitrogens is 5. The first-order valence-corrected chi connectivity index (χ1v) is 25.7. The molecule has 14 rings (SSSR count). The van der Waals surface area contributed by atoms with E-state index < -0.39 is 0 Å². The molecule has 354 valence electrons. The number of benzene rings is 9. The molecule has 9 heteroatoms. The zero-order valence-electron chi connectivity index (χ0n) is 41.3. The van der Waals surface area contributed by atoms with Gasteiger partial charge >= 0.3 is 0 Å². The number of anilines is 6. The molecule has 0 unspecified atom stereocenters. The van der Waals surface area contributed by atoms with Crippen molar-refractivity contribution in [1.82, 2.24) is 24.9 Å². The third kappa shape index (κ3) is 7.67. The largest absolute Gasteiger partial charge is 0.310 e. The first kappa shape index (κ1) is 44.7. The molecule has 0 aliphatic carbocycles. The maximum Gasteiger partial charge on any atom is 0.246 e. The highest BCUT2D eigenvalue weighted by molar-refractivity contribution is 6.98. The van der Waals surface area contributed by atoms with Crippen LogP contribution in [0.1, 0.15) is 0 Å². The molecule has 76 heavy (non-hydrogen) atoms. The topological polar surface area (TPSA) is 70.9 Å². The second-order valence-electron chi connectivity index (χ2n) is 19.1. The molecule has 7 nitrogen and oxygen atoms in total. The van der Waals surface area contributed by atoms with E-state index in [1.54, 1.807) is 0 Å². The van der Waals surface area contributed by atoms with Gasteiger partial charge < -0.3 is 9.80 Å². The SMILES string of the molecule is c1ccc(B2c3ccccc3N(c3c(-c4ccccn4)cccc3-c3nc(-c4ccccc4)nc(-c4cccc(-c5ccccn5)c4N4c5ccccc5B(c5ccccc5)c5ccccc54)n3)c3ccccc32)cc1. The summed E-state index contributed by atoms with van der Waals surface area (Å²) in [6, 6.07) is 92.0. The van der Waals surface area contributed by atoms with Crippen LogP contribution in [0, 0.1) is 0 Å². The van der Waals surface area contributed by atoms with Gasteiger partial charge in [-0.3, -0.25) is 9.97 Å². The molecule has 2 aliphatic rings. The van der Waals surface area contributed by atoms with Crippen LogP contribution in [-0.4, -0.2) is 38.3 Å². The molecule has 9 aromatic carbocycles. The van der Waals surface area contributed by atoms with Gasteiger partial charge in [-0.1, -0.05) is 211 Å². The van der Waals surface area contributed by atoms with Crippen LogP contribution in [0.4, 0.5) is 34.1 Å². The van der Waals surface area contributed by atoms with Crippen molar-refractivity contribution in [3.8, 4) is 56.7 Å². The number of para-hydroxylation sites is 6. The summed E-state index contributed by atoms with van der Waals surface area (Å²) in [6.45, 7) is 0.00296. The van der Waals surface area contributed by atoms with Crippen LogP contribution < -0.4 is 42.6 Å². The van der Waals surface area contributed by atoms with Gasteiger partial charge in [0.25, 0.3) is 0 Å². The van der Waals surface area contributed by atoms with Gasteiger partial charge in [0.2, 0.25) is 13.4 Å². The van der Waals surface area contributed by atoms with Crippen LogP contribution in [0.3, 0.4) is 0 Å². The molecular formula is C67H45B2N7. The lowest BCUT2D eigenvalue weighted by Gasteiger charge is -2.39. The Morgan fingerprint density at radius 1 is 0.263 bits per heavy atom. The van der Waals surface area contributed by atoms with E-state index in [1.807, 2.05) is 54.9 Å². The van der Waals surface area contributed by atoms with Crippen molar-refractivity contribution >= 4 is 80.3 Å². The molecule has 0 amide bonds. The number of pyridine rings is 2. The minimum Gasteiger partial charge on any atom is -0.310 e. The number of rotatable bonds is 9. The Morgan fingerprint density at radius 2 is 0.592 bits per heavy atom. The van der Waals surface area contributed by atoms with Crippen LogP contribution >= 0.6 is 0 Å². The Labute approximate surface area is 442 Å². The minimum atomic E-state index is 0.00148. The van der Waals surface area contributed by atoms with Crippen LogP contribution in [0.2, 0.25) is 0 Å². The van der Waals surface area contributed by atoms with Crippen molar-refractivity contribution in [3.05, 3.63) is 273 Å². The average Bonchev–Trinajstić information content (AvgIpc) is 3.65. The first-order chi connectivity index (χ1) is 37.8. The normalized spacial score (nSPS) is 12.4. The van der Waals surface area contributed by atoms with Crippen molar-refractivity contribution in [2.24, 2.45) is 0 Å². The van der Waals surface area contributed by atoms with Gasteiger partial charge in [0.1, 0.15) is 0 Å². The summed E-state index contributed by atoms with van der Waals surface area (Å²) in [5, 5.41) is 0. The molecule has 0 bridgehead atoms. The summed E-state index contributed by atoms with van der Waals surface area (Å²) < 4.78 is 0. The van der Waals surface area contributed by atoms with Crippen LogP contribution in [0.25, 0.3) is 56.7 Å². The van der Waals surface area contributed by atoms with Crippen molar-refractivity contribution in [1.29, 1.82) is 0 Å². The summed E-state index contributed by atoms with van der Waals surface area (Å²) in [6.07, 6.45) is 3.72. The lowest BCUT2D eigenvalue weighted by Crippen LogP contribution is -2.57. The second-order valence-corrected chi connectivity index (χ2v) is 19.1. The molecule has 3 aromatic heterocycles. The van der Waals surface area contributed by atoms with E-state index in [0.717, 1.165) is 73.3 Å². The standard InChI is InChI=1S/C67H45B2N7/c1-4-24-46(25-5-1)65-72-66(51-32-22-30-49(57-38-18-20-44-70-57)63(51)75-59-40-14-10-34-53(59)68(47-26-6-2-7-27-47)54-35-11-15-41-60(54)75)74-67(73-65)52-33-23-31-50(58-39-19-21-45-71-58)64(52)76-61-42-16-12-36-55(61)69(48-28-8-3-9-29-48)56-37-13-17-43-62(56)76/h1-45H. The van der Waals surface area contributed by atoms with Gasteiger partial charge in [0.05, 0.1) is 22.8 Å². The van der Waals surface area contributed by atoms with E-state index in [1.165, 1.54) is 32.8 Å². The molecule has 5 heterocycles. The highest BCUT2D eigenvalue weighted by Crippen LogP contribution is 2.49. The lowest BCUT2D eigenvalue weighted by atomic mass is 9.35. The molecule has 0 saturated heterocycles. The van der Waals surface area contributed by atoms with E-state index in [0.29, 0.717) is 17.5 Å². The van der Waals surface area contributed by atoms with Gasteiger partial charge in [-0.25, -0.2) is 15.0 Å². The van der Waals surface area contributed by atoms with Gasteiger partial charge in [-0.15, -0.1) is 0 Å². The highest BCUT2D eigenvalue weighted by Gasteiger charge is 2.39. The first-order valence-electron chi connectivity index (χ1n) is 25.7. The van der Waals surface area contributed by atoms with Crippen molar-refractivity contribution in [2.45, 2.75) is 0 Å². The Hall–Kier alpha value is -9.98. The maximum atomic E-state index is 5.71. The van der Waals surface area contributed by atoms with E-state index in [9.17, 15) is 0 Å². The third-order valence-corrected chi connectivity index (χ3v) is 14.8. The van der Waals surface area contributed by atoms with E-state index in [4.69, 9.17) is 24.9 Å². The highest BCUT2D eigenvalue weighted by atomic mass is 15.2. The Bertz CT molecular complexity index is 3750. The summed E-state index contributed by atoms with van der Waals surface area (Å²) in [5.41, 5.74) is 19.4. The van der Waals surface area contributed by atoms with Gasteiger partial charge in [0, 0.05) is 63.0 Å². The molecule has 0 radical (unpaired) electrons. The summed E-state index contributed by atoms with van der Waals surface area (Å²) in [4.78, 5) is 31.6. The average molecular weight is 970 g/mol. The molecule has 2 aliphatic heterocycles. The molecule has 0 atom stereocenters. The van der Waals surface area contributed by atoms with Gasteiger partial charge in [-0.05, 0) is 82.5 Å². The summed E-state index contributed by atoms with van der Waals surface area (Å²) in [7, 11) is 0. The smallest absolute Gasteiger partial charge is 0.246 e. The Morgan fingerprint density at radius 3 is 0.974 bits per heavy atom. The van der Waals surface area contributed by atoms with Crippen molar-refractivity contribution in [3.63, 3.8) is 0 Å². The molecule has 0 saturated carbocycles. The monoisotopic (exact) mass is 969 g/mol. The number of hydrogen-bond acceptors (Lipinski definition) is 7. The predicted octanol–water partition coefficient (Wildman–Crippen LogP) is 11.6. The van der Waals surface area contributed by atoms with Gasteiger partial charge in [-0.2, -0.15) is 0 Å². The maximum absolute atomic E-state index is 5.71. The molecular weight excluding hydrogens is 924 g/mol. The lowest BCUT2D eigenvalue weighted by molar-refractivity contribution is 1.07. The van der Waals surface area contributed by atoms with E-state index >= 15 is 0 Å². The molecule has 0 N–H and O–H groups in total. The fourth-order valence-corrected chi connectivity index (χ4v) is 11.5. The number of hydrogen-bond donors (Lipinski definition) is 0. The van der Waals surface area contributed by atoms with Crippen LogP contribution in [0.5, 0.6) is 0 Å². The molecule has 0 spiro atoms. The van der Waals surface area contributed by atoms with Crippen LogP contribution in [-0.2, 0) is 0 Å². The minimum absolute atomic E-state index is 0.00148. The Balaban J connectivity index is 1.05. The van der Waals surface area contributed by atoms with Gasteiger partial charge in [0.15, 0.2) is 17.5 Å². The van der Waals surface area contributed by atoms with E-state index in [2.05, 4.69) is 228 Å². The third-order valence-electron chi connectivity index (χ3n) is 14.8. The fraction of sp³-hybridized carbons (Fsp3) is 0. The molecule has 0 fully saturated rings. The predicted molar refractivity (Wildman–Crippen MR) is 314 cm³/mol. The van der Waals surface area contributed by atoms with Crippen molar-refractivity contribution < 1.29 is 0 Å². The van der Waals surface area contributed by atoms with Crippen LogP contribution in [0.15, 0.2) is 273 Å². The molecule has 12 aromatic rings. The zero-order valence-corrected chi connectivity index (χ0v) is 41.3. The zero-order chi connectivity index (χ0) is 50.4. The van der Waals surface area contributed by atoms with E-state index in [-0.39, 0.29) is 13.4 Å². The van der Waals surface area contributed by atoms with Crippen molar-refractivity contribution in [2.75, 3.05) is 9.80 Å². The number of fused-ring (bicyclic) bond motifs is 4. The Kier molecular flexibility index (Phi) is 11.3. The summed E-state index contributed by atoms with van der Waals surface area (Å²) in [5.74, 6) is 1.60.